The molecule has 108 valence electrons. The molecule has 0 bridgehead atoms. The van der Waals surface area contributed by atoms with Crippen molar-refractivity contribution in [3.63, 3.8) is 0 Å². The third kappa shape index (κ3) is 4.41. The number of nitrogens with one attached hydrogen (secondary N) is 1. The summed E-state index contributed by atoms with van der Waals surface area (Å²) in [4.78, 5) is 11.9. The average molecular weight is 272 g/mol. The molecule has 0 saturated heterocycles. The Labute approximate surface area is 121 Å². The molecule has 1 unspecified atom stereocenters. The number of nitrogens with two attached hydrogens (primary N) is 1. The number of anilines is 1. The van der Waals surface area contributed by atoms with E-state index in [0.29, 0.717) is 11.6 Å². The molecule has 3 heteroatoms. The second-order valence-electron chi connectivity index (χ2n) is 5.70. The van der Waals surface area contributed by atoms with Gasteiger partial charge in [-0.2, -0.15) is 0 Å². The fraction of sp³-hybridized carbons (Fsp3) is 0.471. The van der Waals surface area contributed by atoms with Crippen molar-refractivity contribution in [2.24, 2.45) is 5.92 Å². The molecule has 20 heavy (non-hydrogen) atoms. The number of carbonyl (C=O) groups is 1. The standard InChI is InChI=1S/C17H24N2O/c1-13(15-7-3-2-4-8-15)19-17(20)11-10-14-6-5-9-16(18)12-14/h5-6,9-13,15H,2-4,7-8,18H2,1H3,(H,19,20)/b11-10+. The van der Waals surface area contributed by atoms with Crippen molar-refractivity contribution >= 4 is 17.7 Å². The first-order valence-corrected chi connectivity index (χ1v) is 7.49. The summed E-state index contributed by atoms with van der Waals surface area (Å²) >= 11 is 0. The van der Waals surface area contributed by atoms with Gasteiger partial charge in [-0.15, -0.1) is 0 Å². The fourth-order valence-electron chi connectivity index (χ4n) is 2.86. The number of benzene rings is 1. The van der Waals surface area contributed by atoms with E-state index in [4.69, 9.17) is 5.73 Å². The Hall–Kier alpha value is -1.77. The average Bonchev–Trinajstić information content (AvgIpc) is 2.46. The van der Waals surface area contributed by atoms with Crippen molar-refractivity contribution < 1.29 is 4.79 Å². The van der Waals surface area contributed by atoms with Gasteiger partial charge in [0.05, 0.1) is 0 Å². The predicted molar refractivity (Wildman–Crippen MR) is 84.1 cm³/mol. The van der Waals surface area contributed by atoms with E-state index < -0.39 is 0 Å². The highest BCUT2D eigenvalue weighted by molar-refractivity contribution is 5.92. The molecule has 0 radical (unpaired) electrons. The zero-order valence-electron chi connectivity index (χ0n) is 12.1. The van der Waals surface area contributed by atoms with Crippen molar-refractivity contribution in [3.05, 3.63) is 35.9 Å². The summed E-state index contributed by atoms with van der Waals surface area (Å²) in [5.41, 5.74) is 7.37. The maximum Gasteiger partial charge on any atom is 0.244 e. The molecule has 3 N–H and O–H groups in total. The molecule has 0 spiro atoms. The van der Waals surface area contributed by atoms with Crippen LogP contribution in [-0.4, -0.2) is 11.9 Å². The van der Waals surface area contributed by atoms with Crippen molar-refractivity contribution in [1.29, 1.82) is 0 Å². The number of nitrogen functional groups attached to an aromatic ring is 1. The summed E-state index contributed by atoms with van der Waals surface area (Å²) in [6.45, 7) is 2.11. The van der Waals surface area contributed by atoms with Gasteiger partial charge in [0.2, 0.25) is 5.91 Å². The summed E-state index contributed by atoms with van der Waals surface area (Å²) in [7, 11) is 0. The molecule has 1 aromatic carbocycles. The van der Waals surface area contributed by atoms with E-state index in [2.05, 4.69) is 12.2 Å². The van der Waals surface area contributed by atoms with E-state index in [1.807, 2.05) is 24.3 Å². The highest BCUT2D eigenvalue weighted by Crippen LogP contribution is 2.26. The molecule has 1 atom stereocenters. The summed E-state index contributed by atoms with van der Waals surface area (Å²) in [5.74, 6) is 0.610. The molecule has 0 heterocycles. The first kappa shape index (κ1) is 14.6. The Bertz CT molecular complexity index is 476. The van der Waals surface area contributed by atoms with E-state index >= 15 is 0 Å². The summed E-state index contributed by atoms with van der Waals surface area (Å²) in [6, 6.07) is 7.77. The maximum atomic E-state index is 11.9. The van der Waals surface area contributed by atoms with Crippen LogP contribution in [0.2, 0.25) is 0 Å². The molecular formula is C17H24N2O. The largest absolute Gasteiger partial charge is 0.399 e. The molecule has 2 rings (SSSR count). The minimum atomic E-state index is -0.0227. The second kappa shape index (κ2) is 7.13. The van der Waals surface area contributed by atoms with Gasteiger partial charge in [0, 0.05) is 17.8 Å². The van der Waals surface area contributed by atoms with Crippen LogP contribution in [0.15, 0.2) is 30.3 Å². The molecule has 1 amide bonds. The Morgan fingerprint density at radius 3 is 2.80 bits per heavy atom. The smallest absolute Gasteiger partial charge is 0.244 e. The Morgan fingerprint density at radius 1 is 1.35 bits per heavy atom. The lowest BCUT2D eigenvalue weighted by molar-refractivity contribution is -0.117. The van der Waals surface area contributed by atoms with Crippen LogP contribution in [0.5, 0.6) is 0 Å². The summed E-state index contributed by atoms with van der Waals surface area (Å²) in [6.07, 6.45) is 9.80. The molecule has 1 fully saturated rings. The molecule has 3 nitrogen and oxygen atoms in total. The lowest BCUT2D eigenvalue weighted by atomic mass is 9.84. The Kier molecular flexibility index (Phi) is 5.22. The van der Waals surface area contributed by atoms with Gasteiger partial charge < -0.3 is 11.1 Å². The lowest BCUT2D eigenvalue weighted by Gasteiger charge is -2.27. The molecule has 1 aliphatic rings. The lowest BCUT2D eigenvalue weighted by Crippen LogP contribution is -2.37. The summed E-state index contributed by atoms with van der Waals surface area (Å²) < 4.78 is 0. The molecule has 0 aromatic heterocycles. The zero-order valence-corrected chi connectivity index (χ0v) is 12.1. The monoisotopic (exact) mass is 272 g/mol. The molecule has 1 saturated carbocycles. The van der Waals surface area contributed by atoms with Gasteiger partial charge in [0.1, 0.15) is 0 Å². The van der Waals surface area contributed by atoms with Gasteiger partial charge in [0.25, 0.3) is 0 Å². The second-order valence-corrected chi connectivity index (χ2v) is 5.70. The highest BCUT2D eigenvalue weighted by atomic mass is 16.1. The minimum absolute atomic E-state index is 0.0227. The first-order valence-electron chi connectivity index (χ1n) is 7.49. The molecule has 1 aromatic rings. The van der Waals surface area contributed by atoms with Crippen LogP contribution in [0.25, 0.3) is 6.08 Å². The van der Waals surface area contributed by atoms with Crippen LogP contribution in [-0.2, 0) is 4.79 Å². The van der Waals surface area contributed by atoms with Gasteiger partial charge in [-0.1, -0.05) is 31.4 Å². The fourth-order valence-corrected chi connectivity index (χ4v) is 2.86. The predicted octanol–water partition coefficient (Wildman–Crippen LogP) is 3.37. The van der Waals surface area contributed by atoms with Crippen LogP contribution >= 0.6 is 0 Å². The Balaban J connectivity index is 1.85. The van der Waals surface area contributed by atoms with E-state index in [1.165, 1.54) is 32.1 Å². The number of hydrogen-bond donors (Lipinski definition) is 2. The van der Waals surface area contributed by atoms with Crippen LogP contribution in [0.1, 0.15) is 44.6 Å². The van der Waals surface area contributed by atoms with Crippen molar-refractivity contribution in [1.82, 2.24) is 5.32 Å². The van der Waals surface area contributed by atoms with Crippen molar-refractivity contribution in [3.8, 4) is 0 Å². The third-order valence-corrected chi connectivity index (χ3v) is 4.06. The molecule has 1 aliphatic carbocycles. The highest BCUT2D eigenvalue weighted by Gasteiger charge is 2.20. The molecule has 0 aliphatic heterocycles. The SMILES string of the molecule is CC(NC(=O)/C=C/c1cccc(N)c1)C1CCCCC1. The van der Waals surface area contributed by atoms with E-state index in [1.54, 1.807) is 12.2 Å². The van der Waals surface area contributed by atoms with Gasteiger partial charge in [-0.05, 0) is 49.5 Å². The van der Waals surface area contributed by atoms with Gasteiger partial charge >= 0.3 is 0 Å². The molecular weight excluding hydrogens is 248 g/mol. The quantitative estimate of drug-likeness (QED) is 0.652. The maximum absolute atomic E-state index is 11.9. The van der Waals surface area contributed by atoms with Crippen LogP contribution in [0.4, 0.5) is 5.69 Å². The van der Waals surface area contributed by atoms with Crippen molar-refractivity contribution in [2.45, 2.75) is 45.1 Å². The normalized spacial score (nSPS) is 18.1. The third-order valence-electron chi connectivity index (χ3n) is 4.06. The first-order chi connectivity index (χ1) is 9.65. The zero-order chi connectivity index (χ0) is 14.4. The van der Waals surface area contributed by atoms with Crippen LogP contribution in [0, 0.1) is 5.92 Å². The van der Waals surface area contributed by atoms with E-state index in [-0.39, 0.29) is 11.9 Å². The van der Waals surface area contributed by atoms with Gasteiger partial charge in [0.15, 0.2) is 0 Å². The number of carbonyl (C=O) groups excluding carboxylic acids is 1. The number of rotatable bonds is 4. The van der Waals surface area contributed by atoms with Gasteiger partial charge in [-0.3, -0.25) is 4.79 Å². The minimum Gasteiger partial charge on any atom is -0.399 e. The van der Waals surface area contributed by atoms with E-state index in [0.717, 1.165) is 5.56 Å². The van der Waals surface area contributed by atoms with E-state index in [9.17, 15) is 4.79 Å². The number of hydrogen-bond acceptors (Lipinski definition) is 2. The Morgan fingerprint density at radius 2 is 2.10 bits per heavy atom. The summed E-state index contributed by atoms with van der Waals surface area (Å²) in [5, 5.41) is 3.08. The number of amides is 1. The van der Waals surface area contributed by atoms with Gasteiger partial charge in [-0.25, -0.2) is 0 Å². The van der Waals surface area contributed by atoms with Crippen LogP contribution < -0.4 is 11.1 Å². The van der Waals surface area contributed by atoms with Crippen molar-refractivity contribution in [2.75, 3.05) is 5.73 Å². The topological polar surface area (TPSA) is 55.1 Å². The van der Waals surface area contributed by atoms with Crippen LogP contribution in [0.3, 0.4) is 0 Å².